The minimum absolute atomic E-state index is 0.0846. The van der Waals surface area contributed by atoms with E-state index >= 15 is 0 Å². The molecule has 0 saturated heterocycles. The first-order valence-electron chi connectivity index (χ1n) is 32.0. The molecule has 20 nitrogen and oxygen atoms in total. The number of carbonyl (C=O) groups is 7. The second-order valence-electron chi connectivity index (χ2n) is 21.7. The van der Waals surface area contributed by atoms with Crippen molar-refractivity contribution in [1.29, 1.82) is 0 Å². The van der Waals surface area contributed by atoms with Gasteiger partial charge in [0.1, 0.15) is 18.1 Å². The van der Waals surface area contributed by atoms with Crippen LogP contribution in [0.1, 0.15) is 291 Å². The fourth-order valence-corrected chi connectivity index (χ4v) is 8.84. The van der Waals surface area contributed by atoms with Crippen molar-refractivity contribution >= 4 is 66.2 Å². The summed E-state index contributed by atoms with van der Waals surface area (Å²) in [5, 5.41) is 24.4. The van der Waals surface area contributed by atoms with Crippen molar-refractivity contribution in [2.75, 3.05) is 6.54 Å². The van der Waals surface area contributed by atoms with E-state index in [-0.39, 0.29) is 44.9 Å². The SMILES string of the molecule is CCCCCCCCC/C=N/NC(=O)CC[C@H](NC(=O)CC[C@H](NC(=O)[C@@H](N)CCCCN)C(=O)N[C@@H](CCC(=O)N/N=C/CCCCCCCCC)C(=O)N/N=C/CCCCCCCCC)C(=O)N/N=C/CCCCCCCCC. The van der Waals surface area contributed by atoms with E-state index in [2.05, 4.69) is 85.8 Å². The first-order valence-corrected chi connectivity index (χ1v) is 32.0. The molecule has 0 aliphatic heterocycles. The molecule has 20 heteroatoms. The molecule has 0 aliphatic rings. The van der Waals surface area contributed by atoms with Crippen LogP contribution in [0.2, 0.25) is 0 Å². The number of hydrazone groups is 4. The fourth-order valence-electron chi connectivity index (χ4n) is 8.84. The van der Waals surface area contributed by atoms with Gasteiger partial charge in [-0.15, -0.1) is 0 Å². The average molecular weight is 1140 g/mol. The summed E-state index contributed by atoms with van der Waals surface area (Å²) < 4.78 is 0. The molecule has 0 aromatic heterocycles. The highest BCUT2D eigenvalue weighted by molar-refractivity contribution is 5.94. The highest BCUT2D eigenvalue weighted by atomic mass is 16.2. The third-order valence-corrected chi connectivity index (χ3v) is 14.0. The molecule has 0 unspecified atom stereocenters. The van der Waals surface area contributed by atoms with E-state index in [0.717, 1.165) is 83.5 Å². The van der Waals surface area contributed by atoms with Gasteiger partial charge in [0.25, 0.3) is 11.8 Å². The molecule has 7 amide bonds. The Morgan fingerprint density at radius 3 is 0.988 bits per heavy atom. The van der Waals surface area contributed by atoms with Crippen LogP contribution in [0.15, 0.2) is 20.4 Å². The molecule has 0 rings (SSSR count). The van der Waals surface area contributed by atoms with Crippen molar-refractivity contribution in [1.82, 2.24) is 37.7 Å². The lowest BCUT2D eigenvalue weighted by Gasteiger charge is -2.24. The molecule has 466 valence electrons. The predicted molar refractivity (Wildman–Crippen MR) is 331 cm³/mol. The first-order chi connectivity index (χ1) is 39.4. The van der Waals surface area contributed by atoms with Gasteiger partial charge in [-0.25, -0.2) is 21.7 Å². The lowest BCUT2D eigenvalue weighted by molar-refractivity contribution is -0.133. The smallest absolute Gasteiger partial charge is 0.262 e. The molecule has 0 radical (unpaired) electrons. The number of hydrogen-bond donors (Lipinski definition) is 9. The van der Waals surface area contributed by atoms with E-state index < -0.39 is 65.5 Å². The van der Waals surface area contributed by atoms with Crippen LogP contribution in [0.5, 0.6) is 0 Å². The molecule has 0 heterocycles. The standard InChI is InChI=1S/C61H115N13O7/c1-5-9-13-17-21-25-29-35-47-64-71-56(76)44-41-53(60(80)73-66-49-37-31-27-23-19-15-11-7-3)68-55(75)43-40-52(69-58(78)51(63)39-33-34-46-62)59(79)70-54(61(81)74-67-50-38-32-28-24-20-16-12-8-4)42-45-57(77)72-65-48-36-30-26-22-18-14-10-6-2/h47-54H,5-46,62-63H2,1-4H3,(H,68,75)(H,69,78)(H,70,79)(H,71,76)(H,72,77)(H,73,80)(H,74,81)/b64-47+,65-48+,66-49+,67-50+/t51-,52-,53-,54-/m0/s1. The number of nitrogens with one attached hydrogen (secondary N) is 7. The molecule has 0 bridgehead atoms. The topological polar surface area (TPSA) is 305 Å². The molecule has 0 aromatic carbocycles. The molecule has 0 aliphatic carbocycles. The summed E-state index contributed by atoms with van der Waals surface area (Å²) >= 11 is 0. The molecule has 11 N–H and O–H groups in total. The van der Waals surface area contributed by atoms with Gasteiger partial charge in [0.05, 0.1) is 6.04 Å². The van der Waals surface area contributed by atoms with Gasteiger partial charge in [-0.05, 0) is 90.0 Å². The van der Waals surface area contributed by atoms with Gasteiger partial charge >= 0.3 is 0 Å². The van der Waals surface area contributed by atoms with Gasteiger partial charge in [-0.1, -0.05) is 188 Å². The van der Waals surface area contributed by atoms with E-state index in [1.165, 1.54) is 103 Å². The van der Waals surface area contributed by atoms with E-state index in [4.69, 9.17) is 11.5 Å². The number of nitrogens with zero attached hydrogens (tertiary/aromatic N) is 4. The lowest BCUT2D eigenvalue weighted by Crippen LogP contribution is -2.56. The van der Waals surface area contributed by atoms with E-state index in [9.17, 15) is 33.6 Å². The number of rotatable bonds is 56. The van der Waals surface area contributed by atoms with Crippen LogP contribution in [-0.2, 0) is 33.6 Å². The van der Waals surface area contributed by atoms with Crippen molar-refractivity contribution < 1.29 is 33.6 Å². The Bertz CT molecular complexity index is 1750. The Balaban J connectivity index is 6.23. The number of unbranched alkanes of at least 4 members (excludes halogenated alkanes) is 29. The Hall–Kier alpha value is -5.11. The summed E-state index contributed by atoms with van der Waals surface area (Å²) in [6.07, 6.45) is 41.5. The van der Waals surface area contributed by atoms with Crippen LogP contribution in [0.25, 0.3) is 0 Å². The van der Waals surface area contributed by atoms with Crippen molar-refractivity contribution in [3.8, 4) is 0 Å². The minimum atomic E-state index is -1.38. The lowest BCUT2D eigenvalue weighted by atomic mass is 10.0. The van der Waals surface area contributed by atoms with Crippen LogP contribution < -0.4 is 49.1 Å². The van der Waals surface area contributed by atoms with Crippen molar-refractivity contribution in [2.45, 2.75) is 315 Å². The molecular formula is C61H115N13O7. The highest BCUT2D eigenvalue weighted by Gasteiger charge is 2.30. The average Bonchev–Trinajstić information content (AvgIpc) is 3.45. The zero-order valence-corrected chi connectivity index (χ0v) is 51.1. The van der Waals surface area contributed by atoms with Gasteiger partial charge < -0.3 is 27.4 Å². The molecular weight excluding hydrogens is 1030 g/mol. The molecule has 81 heavy (non-hydrogen) atoms. The quantitative estimate of drug-likeness (QED) is 0.0159. The molecule has 0 spiro atoms. The van der Waals surface area contributed by atoms with Gasteiger partial charge in [-0.2, -0.15) is 20.4 Å². The Labute approximate surface area is 489 Å². The summed E-state index contributed by atoms with van der Waals surface area (Å²) in [5.41, 5.74) is 21.9. The van der Waals surface area contributed by atoms with Crippen molar-refractivity contribution in [3.63, 3.8) is 0 Å². The third kappa shape index (κ3) is 48.2. The normalized spacial score (nSPS) is 13.1. The number of hydrogen-bond acceptors (Lipinski definition) is 13. The van der Waals surface area contributed by atoms with Gasteiger partial charge in [0.2, 0.25) is 29.5 Å². The van der Waals surface area contributed by atoms with Crippen LogP contribution >= 0.6 is 0 Å². The Kier molecular flexibility index (Phi) is 53.2. The van der Waals surface area contributed by atoms with Crippen LogP contribution in [0.4, 0.5) is 0 Å². The second-order valence-corrected chi connectivity index (χ2v) is 21.7. The van der Waals surface area contributed by atoms with Gasteiger partial charge in [0, 0.05) is 44.1 Å². The third-order valence-electron chi connectivity index (χ3n) is 14.0. The predicted octanol–water partition coefficient (Wildman–Crippen LogP) is 10.2. The number of nitrogens with two attached hydrogens (primary N) is 2. The van der Waals surface area contributed by atoms with Crippen LogP contribution in [-0.4, -0.2) is 96.9 Å². The number of carbonyl (C=O) groups excluding carboxylic acids is 7. The summed E-state index contributed by atoms with van der Waals surface area (Å²) in [6, 6.07) is -4.85. The maximum atomic E-state index is 14.2. The molecule has 0 fully saturated rings. The second kappa shape index (κ2) is 56.7. The summed E-state index contributed by atoms with van der Waals surface area (Å²) in [6.45, 7) is 9.16. The summed E-state index contributed by atoms with van der Waals surface area (Å²) in [7, 11) is 0. The van der Waals surface area contributed by atoms with Gasteiger partial charge in [-0.3, -0.25) is 33.6 Å². The fraction of sp³-hybridized carbons (Fsp3) is 0.820. The largest absolute Gasteiger partial charge is 0.344 e. The van der Waals surface area contributed by atoms with Crippen LogP contribution in [0.3, 0.4) is 0 Å². The maximum Gasteiger partial charge on any atom is 0.262 e. The number of amides is 7. The minimum Gasteiger partial charge on any atom is -0.344 e. The zero-order valence-electron chi connectivity index (χ0n) is 51.1. The summed E-state index contributed by atoms with van der Waals surface area (Å²) in [4.78, 5) is 94.6. The highest BCUT2D eigenvalue weighted by Crippen LogP contribution is 2.12. The Morgan fingerprint density at radius 2 is 0.630 bits per heavy atom. The monoisotopic (exact) mass is 1140 g/mol. The van der Waals surface area contributed by atoms with Crippen LogP contribution in [0, 0.1) is 0 Å². The first kappa shape index (κ1) is 75.9. The molecule has 0 saturated carbocycles. The van der Waals surface area contributed by atoms with E-state index in [0.29, 0.717) is 38.6 Å². The van der Waals surface area contributed by atoms with Gasteiger partial charge in [0.15, 0.2) is 0 Å². The van der Waals surface area contributed by atoms with E-state index in [1.54, 1.807) is 24.9 Å². The molecule has 0 aromatic rings. The van der Waals surface area contributed by atoms with E-state index in [1.807, 2.05) is 0 Å². The maximum absolute atomic E-state index is 14.2. The summed E-state index contributed by atoms with van der Waals surface area (Å²) in [5.74, 6) is -4.33. The zero-order chi connectivity index (χ0) is 59.7. The Morgan fingerprint density at radius 1 is 0.333 bits per heavy atom. The molecule has 4 atom stereocenters. The van der Waals surface area contributed by atoms with Crippen molar-refractivity contribution in [3.05, 3.63) is 0 Å². The van der Waals surface area contributed by atoms with Crippen molar-refractivity contribution in [2.24, 2.45) is 31.9 Å².